The summed E-state index contributed by atoms with van der Waals surface area (Å²) in [6, 6.07) is 17.0. The van der Waals surface area contributed by atoms with Crippen LogP contribution in [0.25, 0.3) is 11.0 Å². The average molecular weight is 391 g/mol. The van der Waals surface area contributed by atoms with Gasteiger partial charge in [-0.1, -0.05) is 30.3 Å². The Morgan fingerprint density at radius 1 is 1.00 bits per heavy atom. The van der Waals surface area contributed by atoms with Gasteiger partial charge < -0.3 is 20.8 Å². The second-order valence-electron chi connectivity index (χ2n) is 7.66. The number of nitrogens with one attached hydrogen (secondary N) is 2. The number of carbonyl (C=O) groups excluding carboxylic acids is 2. The van der Waals surface area contributed by atoms with Gasteiger partial charge in [0.05, 0.1) is 6.42 Å². The van der Waals surface area contributed by atoms with Crippen LogP contribution in [0, 0.1) is 0 Å². The molecule has 0 atom stereocenters. The zero-order chi connectivity index (χ0) is 20.2. The Morgan fingerprint density at radius 3 is 2.45 bits per heavy atom. The molecule has 2 aromatic carbocycles. The standard InChI is InChI=1S/C23H25N3O3/c24-17-7-11-18(12-8-17)25-22(27)13-15-5-9-19(10-6-15)26-23(28)21-14-16-3-1-2-4-20(16)29-21/h1-6,9-10,14,17-18H,7-8,11-13,24H2,(H,25,27)(H,26,28). The molecule has 2 amide bonds. The van der Waals surface area contributed by atoms with Gasteiger partial charge in [-0.25, -0.2) is 0 Å². The molecular formula is C23H25N3O3. The average Bonchev–Trinajstić information content (AvgIpc) is 3.16. The fraction of sp³-hybridized carbons (Fsp3) is 0.304. The summed E-state index contributed by atoms with van der Waals surface area (Å²) in [5, 5.41) is 6.80. The van der Waals surface area contributed by atoms with Crippen molar-refractivity contribution in [2.75, 3.05) is 5.32 Å². The highest BCUT2D eigenvalue weighted by atomic mass is 16.3. The van der Waals surface area contributed by atoms with Gasteiger partial charge in [0.2, 0.25) is 5.91 Å². The molecule has 1 saturated carbocycles. The van der Waals surface area contributed by atoms with Crippen molar-refractivity contribution in [1.82, 2.24) is 5.32 Å². The molecule has 1 aromatic heterocycles. The van der Waals surface area contributed by atoms with E-state index in [-0.39, 0.29) is 29.7 Å². The minimum absolute atomic E-state index is 0.0181. The second kappa shape index (κ2) is 8.49. The van der Waals surface area contributed by atoms with Crippen LogP contribution in [0.5, 0.6) is 0 Å². The summed E-state index contributed by atoms with van der Waals surface area (Å²) in [6.07, 6.45) is 4.13. The number of hydrogen-bond acceptors (Lipinski definition) is 4. The van der Waals surface area contributed by atoms with Crippen molar-refractivity contribution in [3.63, 3.8) is 0 Å². The van der Waals surface area contributed by atoms with E-state index < -0.39 is 0 Å². The SMILES string of the molecule is NC1CCC(NC(=O)Cc2ccc(NC(=O)c3cc4ccccc4o3)cc2)CC1. The molecule has 6 heteroatoms. The lowest BCUT2D eigenvalue weighted by molar-refractivity contribution is -0.121. The Bertz CT molecular complexity index is 969. The van der Waals surface area contributed by atoms with Crippen LogP contribution in [-0.2, 0) is 11.2 Å². The Hall–Kier alpha value is -3.12. The van der Waals surface area contributed by atoms with Crippen LogP contribution in [0.3, 0.4) is 0 Å². The quantitative estimate of drug-likeness (QED) is 0.619. The van der Waals surface area contributed by atoms with E-state index in [9.17, 15) is 9.59 Å². The van der Waals surface area contributed by atoms with Gasteiger partial charge in [0.1, 0.15) is 5.58 Å². The van der Waals surface area contributed by atoms with E-state index in [0.29, 0.717) is 17.7 Å². The molecule has 3 aromatic rings. The monoisotopic (exact) mass is 391 g/mol. The van der Waals surface area contributed by atoms with Crippen molar-refractivity contribution in [3.8, 4) is 0 Å². The van der Waals surface area contributed by atoms with Crippen molar-refractivity contribution in [3.05, 3.63) is 65.9 Å². The topological polar surface area (TPSA) is 97.4 Å². The van der Waals surface area contributed by atoms with Crippen LogP contribution in [-0.4, -0.2) is 23.9 Å². The Balaban J connectivity index is 1.31. The lowest BCUT2D eigenvalue weighted by Crippen LogP contribution is -2.41. The molecule has 0 unspecified atom stereocenters. The lowest BCUT2D eigenvalue weighted by Gasteiger charge is -2.26. The molecule has 6 nitrogen and oxygen atoms in total. The third-order valence-corrected chi connectivity index (χ3v) is 5.36. The summed E-state index contributed by atoms with van der Waals surface area (Å²) in [4.78, 5) is 24.7. The van der Waals surface area contributed by atoms with Crippen molar-refractivity contribution in [1.29, 1.82) is 0 Å². The van der Waals surface area contributed by atoms with E-state index in [0.717, 1.165) is 36.6 Å². The first-order valence-electron chi connectivity index (χ1n) is 10.0. The first-order valence-corrected chi connectivity index (χ1v) is 10.0. The van der Waals surface area contributed by atoms with Crippen LogP contribution in [0.15, 0.2) is 59.0 Å². The molecule has 1 aliphatic rings. The molecule has 29 heavy (non-hydrogen) atoms. The summed E-state index contributed by atoms with van der Waals surface area (Å²) in [5.41, 5.74) is 8.14. The highest BCUT2D eigenvalue weighted by molar-refractivity contribution is 6.04. The third kappa shape index (κ3) is 4.84. The van der Waals surface area contributed by atoms with E-state index in [1.807, 2.05) is 36.4 Å². The zero-order valence-electron chi connectivity index (χ0n) is 16.2. The van der Waals surface area contributed by atoms with Crippen LogP contribution in [0.4, 0.5) is 5.69 Å². The molecule has 4 rings (SSSR count). The van der Waals surface area contributed by atoms with E-state index in [1.54, 1.807) is 18.2 Å². The minimum Gasteiger partial charge on any atom is -0.451 e. The largest absolute Gasteiger partial charge is 0.451 e. The predicted molar refractivity (Wildman–Crippen MR) is 113 cm³/mol. The van der Waals surface area contributed by atoms with Crippen molar-refractivity contribution < 1.29 is 14.0 Å². The van der Waals surface area contributed by atoms with E-state index in [2.05, 4.69) is 10.6 Å². The summed E-state index contributed by atoms with van der Waals surface area (Å²) in [5.74, 6) is -0.0198. The number of nitrogens with two attached hydrogens (primary N) is 1. The molecule has 4 N–H and O–H groups in total. The fourth-order valence-corrected chi connectivity index (χ4v) is 3.72. The molecule has 0 spiro atoms. The normalized spacial score (nSPS) is 19.1. The summed E-state index contributed by atoms with van der Waals surface area (Å²) in [6.45, 7) is 0. The first kappa shape index (κ1) is 19.2. The summed E-state index contributed by atoms with van der Waals surface area (Å²) in [7, 11) is 0. The molecule has 0 aliphatic heterocycles. The summed E-state index contributed by atoms with van der Waals surface area (Å²) < 4.78 is 5.58. The van der Waals surface area contributed by atoms with Crippen molar-refractivity contribution in [2.24, 2.45) is 5.73 Å². The highest BCUT2D eigenvalue weighted by Crippen LogP contribution is 2.20. The number of amides is 2. The highest BCUT2D eigenvalue weighted by Gasteiger charge is 2.20. The van der Waals surface area contributed by atoms with Gasteiger partial charge in [0.25, 0.3) is 5.91 Å². The Labute approximate surface area is 169 Å². The molecule has 1 fully saturated rings. The smallest absolute Gasteiger partial charge is 0.291 e. The number of benzene rings is 2. The summed E-state index contributed by atoms with van der Waals surface area (Å²) >= 11 is 0. The van der Waals surface area contributed by atoms with E-state index in [1.165, 1.54) is 0 Å². The fourth-order valence-electron chi connectivity index (χ4n) is 3.72. The molecule has 150 valence electrons. The molecule has 0 saturated heterocycles. The van der Waals surface area contributed by atoms with Crippen molar-refractivity contribution in [2.45, 2.75) is 44.2 Å². The number of carbonyl (C=O) groups is 2. The maximum atomic E-state index is 12.4. The van der Waals surface area contributed by atoms with Gasteiger partial charge in [-0.05, 0) is 55.5 Å². The number of fused-ring (bicyclic) bond motifs is 1. The van der Waals surface area contributed by atoms with Gasteiger partial charge >= 0.3 is 0 Å². The van der Waals surface area contributed by atoms with Crippen LogP contribution >= 0.6 is 0 Å². The van der Waals surface area contributed by atoms with Gasteiger partial charge in [-0.3, -0.25) is 9.59 Å². The third-order valence-electron chi connectivity index (χ3n) is 5.36. The van der Waals surface area contributed by atoms with Crippen molar-refractivity contribution >= 4 is 28.5 Å². The van der Waals surface area contributed by atoms with Gasteiger partial charge in [0, 0.05) is 23.2 Å². The number of anilines is 1. The van der Waals surface area contributed by atoms with Gasteiger partial charge in [-0.15, -0.1) is 0 Å². The van der Waals surface area contributed by atoms with Gasteiger partial charge in [-0.2, -0.15) is 0 Å². The number of hydrogen-bond donors (Lipinski definition) is 3. The predicted octanol–water partition coefficient (Wildman–Crippen LogP) is 3.61. The van der Waals surface area contributed by atoms with E-state index in [4.69, 9.17) is 10.2 Å². The maximum Gasteiger partial charge on any atom is 0.291 e. The minimum atomic E-state index is -0.304. The molecule has 0 radical (unpaired) electrons. The maximum absolute atomic E-state index is 12.4. The van der Waals surface area contributed by atoms with Crippen LogP contribution < -0.4 is 16.4 Å². The number of furan rings is 1. The molecule has 1 aliphatic carbocycles. The number of para-hydroxylation sites is 1. The van der Waals surface area contributed by atoms with Crippen LogP contribution in [0.1, 0.15) is 41.8 Å². The molecule has 0 bridgehead atoms. The Kier molecular flexibility index (Phi) is 5.62. The molecule has 1 heterocycles. The first-order chi connectivity index (χ1) is 14.1. The molecular weight excluding hydrogens is 366 g/mol. The lowest BCUT2D eigenvalue weighted by atomic mass is 9.91. The van der Waals surface area contributed by atoms with Gasteiger partial charge in [0.15, 0.2) is 5.76 Å². The number of rotatable bonds is 5. The Morgan fingerprint density at radius 2 is 1.72 bits per heavy atom. The zero-order valence-corrected chi connectivity index (χ0v) is 16.2. The van der Waals surface area contributed by atoms with Crippen LogP contribution in [0.2, 0.25) is 0 Å². The van der Waals surface area contributed by atoms with E-state index >= 15 is 0 Å². The second-order valence-corrected chi connectivity index (χ2v) is 7.66.